The molecule has 4 heteroatoms. The van der Waals surface area contributed by atoms with Gasteiger partial charge < -0.3 is 9.47 Å². The fourth-order valence-electron chi connectivity index (χ4n) is 2.06. The molecular formula is C17H20O3S. The first-order chi connectivity index (χ1) is 9.88. The highest BCUT2D eigenvalue weighted by molar-refractivity contribution is 7.14. The van der Waals surface area contributed by atoms with Crippen molar-refractivity contribution in [3.05, 3.63) is 45.6 Å². The van der Waals surface area contributed by atoms with Gasteiger partial charge in [-0.15, -0.1) is 11.3 Å². The van der Waals surface area contributed by atoms with E-state index in [1.807, 2.05) is 18.2 Å². The summed E-state index contributed by atoms with van der Waals surface area (Å²) in [5.74, 6) is 1.000. The maximum atomic E-state index is 12.8. The quantitative estimate of drug-likeness (QED) is 0.790. The van der Waals surface area contributed by atoms with E-state index in [9.17, 15) is 4.79 Å². The molecule has 0 radical (unpaired) electrons. The van der Waals surface area contributed by atoms with Gasteiger partial charge in [0.2, 0.25) is 5.78 Å². The average Bonchev–Trinajstić information content (AvgIpc) is 2.95. The highest BCUT2D eigenvalue weighted by atomic mass is 32.1. The molecule has 0 atom stereocenters. The van der Waals surface area contributed by atoms with Gasteiger partial charge in [-0.2, -0.15) is 0 Å². The second kappa shape index (κ2) is 5.90. The molecule has 21 heavy (non-hydrogen) atoms. The van der Waals surface area contributed by atoms with Gasteiger partial charge >= 0.3 is 0 Å². The molecule has 0 spiro atoms. The highest BCUT2D eigenvalue weighted by Gasteiger charge is 2.23. The van der Waals surface area contributed by atoms with Gasteiger partial charge in [-0.1, -0.05) is 26.8 Å². The monoisotopic (exact) mass is 304 g/mol. The molecule has 0 aliphatic heterocycles. The SMILES string of the molecule is COc1cccc(OC)c1C(=O)c1ccc(C(C)(C)C)s1. The number of ether oxygens (including phenoxy) is 2. The summed E-state index contributed by atoms with van der Waals surface area (Å²) in [4.78, 5) is 14.7. The van der Waals surface area contributed by atoms with Crippen molar-refractivity contribution in [2.45, 2.75) is 26.2 Å². The minimum Gasteiger partial charge on any atom is -0.496 e. The fraction of sp³-hybridized carbons (Fsp3) is 0.353. The van der Waals surface area contributed by atoms with Gasteiger partial charge in [0.1, 0.15) is 17.1 Å². The van der Waals surface area contributed by atoms with E-state index < -0.39 is 0 Å². The zero-order chi connectivity index (χ0) is 15.6. The zero-order valence-electron chi connectivity index (χ0n) is 13.0. The minimum absolute atomic E-state index is 0.0358. The molecule has 0 unspecified atom stereocenters. The maximum Gasteiger partial charge on any atom is 0.210 e. The van der Waals surface area contributed by atoms with E-state index in [-0.39, 0.29) is 11.2 Å². The van der Waals surface area contributed by atoms with Gasteiger partial charge in [0.25, 0.3) is 0 Å². The third-order valence-corrected chi connectivity index (χ3v) is 4.73. The summed E-state index contributed by atoms with van der Waals surface area (Å²) in [6.07, 6.45) is 0. The van der Waals surface area contributed by atoms with Gasteiger partial charge in [-0.25, -0.2) is 0 Å². The maximum absolute atomic E-state index is 12.8. The average molecular weight is 304 g/mol. The molecule has 0 fully saturated rings. The first-order valence-electron chi connectivity index (χ1n) is 6.74. The molecule has 3 nitrogen and oxygen atoms in total. The van der Waals surface area contributed by atoms with E-state index >= 15 is 0 Å². The second-order valence-electron chi connectivity index (χ2n) is 5.78. The van der Waals surface area contributed by atoms with Crippen LogP contribution in [0.1, 0.15) is 40.9 Å². The van der Waals surface area contributed by atoms with E-state index in [0.717, 1.165) is 0 Å². The minimum atomic E-state index is -0.0650. The lowest BCUT2D eigenvalue weighted by Crippen LogP contribution is -2.08. The lowest BCUT2D eigenvalue weighted by Gasteiger charge is -2.15. The van der Waals surface area contributed by atoms with Gasteiger partial charge in [-0.05, 0) is 29.7 Å². The number of hydrogen-bond donors (Lipinski definition) is 0. The molecule has 0 bridgehead atoms. The van der Waals surface area contributed by atoms with E-state index in [2.05, 4.69) is 20.8 Å². The van der Waals surface area contributed by atoms with Crippen LogP contribution in [0.3, 0.4) is 0 Å². The Morgan fingerprint density at radius 1 is 1.00 bits per heavy atom. The number of carbonyl (C=O) groups excluding carboxylic acids is 1. The molecule has 0 N–H and O–H groups in total. The number of carbonyl (C=O) groups is 1. The van der Waals surface area contributed by atoms with E-state index in [1.54, 1.807) is 26.4 Å². The molecule has 0 saturated heterocycles. The van der Waals surface area contributed by atoms with Crippen LogP contribution in [-0.2, 0) is 5.41 Å². The van der Waals surface area contributed by atoms with Crippen molar-refractivity contribution in [1.29, 1.82) is 0 Å². The molecule has 0 saturated carbocycles. The number of methoxy groups -OCH3 is 2. The number of ketones is 1. The summed E-state index contributed by atoms with van der Waals surface area (Å²) in [6, 6.07) is 9.24. The zero-order valence-corrected chi connectivity index (χ0v) is 13.8. The number of rotatable bonds is 4. The molecule has 1 aromatic carbocycles. The predicted octanol–water partition coefficient (Wildman–Crippen LogP) is 4.29. The third kappa shape index (κ3) is 3.10. The smallest absolute Gasteiger partial charge is 0.210 e. The van der Waals surface area contributed by atoms with Crippen molar-refractivity contribution in [2.75, 3.05) is 14.2 Å². The standard InChI is InChI=1S/C17H20O3S/c1-17(2,3)14-10-9-13(21-14)16(18)15-11(19-4)7-6-8-12(15)20-5/h6-10H,1-5H3. The summed E-state index contributed by atoms with van der Waals surface area (Å²) < 4.78 is 10.6. The molecule has 1 aromatic heterocycles. The Bertz CT molecular complexity index is 628. The van der Waals surface area contributed by atoms with Crippen LogP contribution in [0.2, 0.25) is 0 Å². The van der Waals surface area contributed by atoms with Crippen LogP contribution in [0.5, 0.6) is 11.5 Å². The first kappa shape index (κ1) is 15.6. The fourth-order valence-corrected chi connectivity index (χ4v) is 3.07. The molecule has 1 heterocycles. The Morgan fingerprint density at radius 2 is 1.57 bits per heavy atom. The Balaban J connectivity index is 2.47. The van der Waals surface area contributed by atoms with E-state index in [1.165, 1.54) is 16.2 Å². The van der Waals surface area contributed by atoms with Crippen LogP contribution in [0.4, 0.5) is 0 Å². The number of thiophene rings is 1. The summed E-state index contributed by atoms with van der Waals surface area (Å²) in [7, 11) is 3.11. The van der Waals surface area contributed by atoms with E-state index in [4.69, 9.17) is 9.47 Å². The van der Waals surface area contributed by atoms with Crippen molar-refractivity contribution in [3.63, 3.8) is 0 Å². The van der Waals surface area contributed by atoms with Crippen LogP contribution in [0.15, 0.2) is 30.3 Å². The Hall–Kier alpha value is -1.81. The van der Waals surface area contributed by atoms with Gasteiger partial charge in [0.05, 0.1) is 19.1 Å². The second-order valence-corrected chi connectivity index (χ2v) is 6.86. The predicted molar refractivity (Wildman–Crippen MR) is 86.0 cm³/mol. The summed E-state index contributed by atoms with van der Waals surface area (Å²) in [5, 5.41) is 0. The normalized spacial score (nSPS) is 11.3. The number of hydrogen-bond acceptors (Lipinski definition) is 4. The largest absolute Gasteiger partial charge is 0.496 e. The Kier molecular flexibility index (Phi) is 4.37. The van der Waals surface area contributed by atoms with Gasteiger partial charge in [0.15, 0.2) is 0 Å². The van der Waals surface area contributed by atoms with Crippen LogP contribution in [-0.4, -0.2) is 20.0 Å². The summed E-state index contributed by atoms with van der Waals surface area (Å²) in [6.45, 7) is 6.41. The number of benzene rings is 1. The molecule has 112 valence electrons. The molecular weight excluding hydrogens is 284 g/mol. The first-order valence-corrected chi connectivity index (χ1v) is 7.56. The van der Waals surface area contributed by atoms with Crippen LogP contribution >= 0.6 is 11.3 Å². The van der Waals surface area contributed by atoms with Crippen molar-refractivity contribution in [2.24, 2.45) is 0 Å². The van der Waals surface area contributed by atoms with Gasteiger partial charge in [0, 0.05) is 4.88 Å². The lowest BCUT2D eigenvalue weighted by molar-refractivity contribution is 0.103. The summed E-state index contributed by atoms with van der Waals surface area (Å²) in [5.41, 5.74) is 0.512. The van der Waals surface area contributed by atoms with Crippen LogP contribution < -0.4 is 9.47 Å². The third-order valence-electron chi connectivity index (χ3n) is 3.22. The van der Waals surface area contributed by atoms with Crippen molar-refractivity contribution in [3.8, 4) is 11.5 Å². The van der Waals surface area contributed by atoms with Crippen molar-refractivity contribution in [1.82, 2.24) is 0 Å². The Morgan fingerprint density at radius 3 is 2.00 bits per heavy atom. The van der Waals surface area contributed by atoms with Crippen molar-refractivity contribution >= 4 is 17.1 Å². The molecule has 2 aromatic rings. The Labute approximate surface area is 129 Å². The molecule has 0 amide bonds. The van der Waals surface area contributed by atoms with Crippen LogP contribution in [0.25, 0.3) is 0 Å². The highest BCUT2D eigenvalue weighted by Crippen LogP contribution is 2.35. The molecule has 0 aliphatic carbocycles. The van der Waals surface area contributed by atoms with E-state index in [0.29, 0.717) is 21.9 Å². The lowest BCUT2D eigenvalue weighted by atomic mass is 9.95. The molecule has 2 rings (SSSR count). The van der Waals surface area contributed by atoms with Gasteiger partial charge in [-0.3, -0.25) is 4.79 Å². The summed E-state index contributed by atoms with van der Waals surface area (Å²) >= 11 is 1.52. The molecule has 0 aliphatic rings. The van der Waals surface area contributed by atoms with Crippen molar-refractivity contribution < 1.29 is 14.3 Å². The van der Waals surface area contributed by atoms with Crippen LogP contribution in [0, 0.1) is 0 Å². The topological polar surface area (TPSA) is 35.5 Å².